The Kier molecular flexibility index (Phi) is 15.9. The number of rotatable bonds is 4. The lowest BCUT2D eigenvalue weighted by Gasteiger charge is -2.05. The molecule has 0 fully saturated rings. The molecule has 4 unspecified atom stereocenters. The smallest absolute Gasteiger partial charge is 0.251 e. The molecule has 0 aliphatic rings. The van der Waals surface area contributed by atoms with Crippen LogP contribution in [0.25, 0.3) is 0 Å². The average molecular weight is 386 g/mol. The summed E-state index contributed by atoms with van der Waals surface area (Å²) < 4.78 is 48.6. The zero-order valence-corrected chi connectivity index (χ0v) is 15.6. The Hall–Kier alpha value is 0.460. The molecule has 0 saturated heterocycles. The number of carbonyl (C=O) groups is 1. The molecule has 0 saturated carbocycles. The first-order valence-corrected chi connectivity index (χ1v) is 9.34. The maximum absolute atomic E-state index is 12.3. The minimum absolute atomic E-state index is 0.454. The van der Waals surface area contributed by atoms with E-state index >= 15 is 0 Å². The second kappa shape index (κ2) is 14.1. The summed E-state index contributed by atoms with van der Waals surface area (Å²) in [5, 5.41) is 0. The van der Waals surface area contributed by atoms with Gasteiger partial charge in [-0.05, 0) is 51.2 Å². The summed E-state index contributed by atoms with van der Waals surface area (Å²) in [5.74, 6) is 0. The predicted molar refractivity (Wildman–Crippen MR) is 91.4 cm³/mol. The molecule has 0 aromatic rings. The fourth-order valence-electron chi connectivity index (χ4n) is 0.704. The first-order chi connectivity index (χ1) is 9.58. The molecule has 0 spiro atoms. The van der Waals surface area contributed by atoms with Crippen molar-refractivity contribution in [2.75, 3.05) is 7.05 Å². The number of nitrogens with zero attached hydrogens (tertiary/aromatic N) is 1. The van der Waals surface area contributed by atoms with E-state index in [1.807, 2.05) is 0 Å². The van der Waals surface area contributed by atoms with Crippen molar-refractivity contribution in [3.05, 3.63) is 0 Å². The van der Waals surface area contributed by atoms with Crippen molar-refractivity contribution >= 4 is 55.9 Å². The Morgan fingerprint density at radius 1 is 0.762 bits per heavy atom. The normalized spacial score (nSPS) is 16.0. The number of carbonyl (C=O) groups excluding carboxylic acids is 1. The van der Waals surface area contributed by atoms with Gasteiger partial charge in [0.25, 0.3) is 4.45 Å². The highest BCUT2D eigenvalue weighted by Crippen LogP contribution is 2.26. The van der Waals surface area contributed by atoms with Gasteiger partial charge in [0.05, 0.1) is 0 Å². The van der Waals surface area contributed by atoms with E-state index in [-0.39, 0.29) is 0 Å². The van der Waals surface area contributed by atoms with Crippen LogP contribution in [0, 0.1) is 0 Å². The van der Waals surface area contributed by atoms with E-state index in [1.54, 1.807) is 0 Å². The van der Waals surface area contributed by atoms with E-state index in [0.29, 0.717) is 27.9 Å². The van der Waals surface area contributed by atoms with Crippen LogP contribution in [0.4, 0.5) is 22.4 Å². The van der Waals surface area contributed by atoms with Crippen molar-refractivity contribution < 1.29 is 22.4 Å². The second-order valence-corrected chi connectivity index (χ2v) is 8.96. The van der Waals surface area contributed by atoms with Crippen LogP contribution in [0.1, 0.15) is 27.7 Å². The molecular formula is C11H19F4NOS4. The summed E-state index contributed by atoms with van der Waals surface area (Å²) in [7, 11) is 1.53. The SMILES string of the molecule is CC(F)SC(=O)SC(C)F.CN=C(SC(C)F)SC(C)F. The van der Waals surface area contributed by atoms with Gasteiger partial charge in [-0.1, -0.05) is 23.5 Å². The summed E-state index contributed by atoms with van der Waals surface area (Å²) >= 11 is 2.87. The highest BCUT2D eigenvalue weighted by atomic mass is 32.2. The fourth-order valence-corrected chi connectivity index (χ4v) is 4.04. The van der Waals surface area contributed by atoms with Gasteiger partial charge in [0.1, 0.15) is 15.4 Å². The highest BCUT2D eigenvalue weighted by molar-refractivity contribution is 8.39. The minimum Gasteiger partial charge on any atom is -0.275 e. The largest absolute Gasteiger partial charge is 0.275 e. The van der Waals surface area contributed by atoms with Crippen LogP contribution in [0.5, 0.6) is 0 Å². The number of thioether (sulfide) groups is 4. The molecular weight excluding hydrogens is 366 g/mol. The van der Waals surface area contributed by atoms with Crippen molar-refractivity contribution in [1.29, 1.82) is 0 Å². The van der Waals surface area contributed by atoms with Crippen LogP contribution in [-0.2, 0) is 0 Å². The van der Waals surface area contributed by atoms with Crippen LogP contribution in [0.2, 0.25) is 0 Å². The van der Waals surface area contributed by atoms with E-state index in [0.717, 1.165) is 23.5 Å². The van der Waals surface area contributed by atoms with Crippen LogP contribution in [0.15, 0.2) is 4.99 Å². The van der Waals surface area contributed by atoms with Gasteiger partial charge in [-0.15, -0.1) is 0 Å². The van der Waals surface area contributed by atoms with Crippen LogP contribution >= 0.6 is 47.0 Å². The van der Waals surface area contributed by atoms with Crippen LogP contribution in [0.3, 0.4) is 0 Å². The molecule has 0 aromatic heterocycles. The van der Waals surface area contributed by atoms with Gasteiger partial charge in [-0.3, -0.25) is 9.79 Å². The first-order valence-electron chi connectivity index (χ1n) is 5.82. The van der Waals surface area contributed by atoms with Crippen molar-refractivity contribution in [3.8, 4) is 0 Å². The summed E-state index contributed by atoms with van der Waals surface area (Å²) in [4.78, 5) is 14.2. The number of aliphatic imine (C=N–C) groups is 1. The van der Waals surface area contributed by atoms with Gasteiger partial charge in [-0.2, -0.15) is 0 Å². The topological polar surface area (TPSA) is 29.4 Å². The molecule has 0 amide bonds. The van der Waals surface area contributed by atoms with Gasteiger partial charge < -0.3 is 0 Å². The van der Waals surface area contributed by atoms with Crippen molar-refractivity contribution in [2.24, 2.45) is 4.99 Å². The van der Waals surface area contributed by atoms with E-state index in [4.69, 9.17) is 0 Å². The van der Waals surface area contributed by atoms with Crippen LogP contribution in [-0.4, -0.2) is 37.9 Å². The Labute approximate surface area is 140 Å². The molecule has 126 valence electrons. The summed E-state index contributed by atoms with van der Waals surface area (Å²) in [6.07, 6.45) is 0. The van der Waals surface area contributed by atoms with Crippen LogP contribution < -0.4 is 0 Å². The molecule has 2 nitrogen and oxygen atoms in total. The number of halogens is 4. The van der Waals surface area contributed by atoms with Crippen molar-refractivity contribution in [1.82, 2.24) is 0 Å². The zero-order chi connectivity index (χ0) is 17.0. The lowest BCUT2D eigenvalue weighted by molar-refractivity contribution is 0.276. The number of alkyl halides is 4. The maximum Gasteiger partial charge on any atom is 0.251 e. The third-order valence-corrected chi connectivity index (χ3v) is 4.83. The molecule has 4 atom stereocenters. The monoisotopic (exact) mass is 385 g/mol. The van der Waals surface area contributed by atoms with Gasteiger partial charge in [0, 0.05) is 7.05 Å². The van der Waals surface area contributed by atoms with Crippen molar-refractivity contribution in [2.45, 2.75) is 49.7 Å². The lowest BCUT2D eigenvalue weighted by atomic mass is 10.9. The van der Waals surface area contributed by atoms with E-state index in [9.17, 15) is 22.4 Å². The van der Waals surface area contributed by atoms with Gasteiger partial charge in [0.2, 0.25) is 0 Å². The predicted octanol–water partition coefficient (Wildman–Crippen LogP) is 6.27. The standard InChI is InChI=1S/C6H11F2NS2.C5H8F2OS2/c1-4(7)10-6(9-3)11-5(2)8;1-3(6)9-5(8)10-4(2)7/h4-5H,1-3H3;3-4H,1-2H3. The molecule has 0 aromatic carbocycles. The Morgan fingerprint density at radius 3 is 1.24 bits per heavy atom. The van der Waals surface area contributed by atoms with E-state index in [2.05, 4.69) is 4.99 Å². The molecule has 0 aliphatic heterocycles. The molecule has 0 N–H and O–H groups in total. The zero-order valence-electron chi connectivity index (χ0n) is 12.3. The first kappa shape index (κ1) is 23.7. The van der Waals surface area contributed by atoms with E-state index in [1.165, 1.54) is 34.7 Å². The van der Waals surface area contributed by atoms with Gasteiger partial charge >= 0.3 is 0 Å². The molecule has 0 radical (unpaired) electrons. The number of hydrogen-bond acceptors (Lipinski definition) is 6. The highest BCUT2D eigenvalue weighted by Gasteiger charge is 2.12. The summed E-state index contributed by atoms with van der Waals surface area (Å²) in [6, 6.07) is 0. The van der Waals surface area contributed by atoms with Crippen molar-refractivity contribution in [3.63, 3.8) is 0 Å². The molecule has 10 heteroatoms. The minimum atomic E-state index is -1.25. The molecule has 0 heterocycles. The quantitative estimate of drug-likeness (QED) is 0.323. The summed E-state index contributed by atoms with van der Waals surface area (Å²) in [6.45, 7) is 5.29. The lowest BCUT2D eigenvalue weighted by Crippen LogP contribution is -1.96. The maximum atomic E-state index is 12.3. The van der Waals surface area contributed by atoms with Gasteiger partial charge in [-0.25, -0.2) is 17.6 Å². The third kappa shape index (κ3) is 20.5. The third-order valence-electron chi connectivity index (χ3n) is 1.23. The molecule has 21 heavy (non-hydrogen) atoms. The fraction of sp³-hybridized carbons (Fsp3) is 0.818. The Morgan fingerprint density at radius 2 is 1.05 bits per heavy atom. The Balaban J connectivity index is 0. The summed E-state index contributed by atoms with van der Waals surface area (Å²) in [5.41, 5.74) is -4.56. The molecule has 0 bridgehead atoms. The second-order valence-electron chi connectivity index (χ2n) is 3.38. The average Bonchev–Trinajstić information content (AvgIpc) is 2.25. The number of hydrogen-bond donors (Lipinski definition) is 0. The molecule has 0 rings (SSSR count). The Bertz CT molecular complexity index is 291. The molecule has 0 aliphatic carbocycles. The van der Waals surface area contributed by atoms with Gasteiger partial charge in [0.15, 0.2) is 11.0 Å². The van der Waals surface area contributed by atoms with E-state index < -0.39 is 26.5 Å².